The number of anilines is 1. The van der Waals surface area contributed by atoms with Crippen molar-refractivity contribution >= 4 is 11.7 Å². The van der Waals surface area contributed by atoms with Crippen molar-refractivity contribution < 1.29 is 19.0 Å². The van der Waals surface area contributed by atoms with Gasteiger partial charge in [-0.05, 0) is 32.0 Å². The number of hydrogen-bond donors (Lipinski definition) is 1. The SMILES string of the molecule is CC1(C)OCC2(CO[C@H](n3ccc(NC(=O)c4ccccc4)nc3=O)C2)O1. The summed E-state index contributed by atoms with van der Waals surface area (Å²) in [5.41, 5.74) is -0.556. The molecule has 2 fully saturated rings. The van der Waals surface area contributed by atoms with Crippen molar-refractivity contribution in [1.82, 2.24) is 9.55 Å². The smallest absolute Gasteiger partial charge is 0.351 e. The molecule has 1 unspecified atom stereocenters. The van der Waals surface area contributed by atoms with Gasteiger partial charge in [0.05, 0.1) is 13.2 Å². The van der Waals surface area contributed by atoms with Crippen LogP contribution in [0.1, 0.15) is 36.9 Å². The van der Waals surface area contributed by atoms with Gasteiger partial charge in [-0.15, -0.1) is 0 Å². The van der Waals surface area contributed by atoms with Crippen LogP contribution in [0.2, 0.25) is 0 Å². The minimum absolute atomic E-state index is 0.194. The van der Waals surface area contributed by atoms with Crippen LogP contribution >= 0.6 is 0 Å². The van der Waals surface area contributed by atoms with E-state index in [1.807, 2.05) is 19.9 Å². The molecule has 142 valence electrons. The average Bonchev–Trinajstić information content (AvgIpc) is 3.18. The van der Waals surface area contributed by atoms with Crippen LogP contribution in [0.4, 0.5) is 5.82 Å². The highest BCUT2D eigenvalue weighted by Crippen LogP contribution is 2.41. The molecule has 1 spiro atoms. The number of ether oxygens (including phenoxy) is 3. The number of carbonyl (C=O) groups excluding carboxylic acids is 1. The Bertz CT molecular complexity index is 911. The predicted octanol–water partition coefficient (Wildman–Crippen LogP) is 1.94. The lowest BCUT2D eigenvalue weighted by atomic mass is 10.0. The zero-order chi connectivity index (χ0) is 19.1. The Kier molecular flexibility index (Phi) is 4.33. The molecule has 1 N–H and O–H groups in total. The lowest BCUT2D eigenvalue weighted by Gasteiger charge is -2.23. The number of amides is 1. The van der Waals surface area contributed by atoms with E-state index in [1.54, 1.807) is 36.5 Å². The molecule has 0 radical (unpaired) electrons. The molecular formula is C19H21N3O5. The fraction of sp³-hybridized carbons (Fsp3) is 0.421. The van der Waals surface area contributed by atoms with Crippen LogP contribution in [0, 0.1) is 0 Å². The maximum absolute atomic E-state index is 12.4. The monoisotopic (exact) mass is 371 g/mol. The van der Waals surface area contributed by atoms with Crippen molar-refractivity contribution in [3.63, 3.8) is 0 Å². The summed E-state index contributed by atoms with van der Waals surface area (Å²) in [5.74, 6) is -0.790. The molecule has 0 saturated carbocycles. The van der Waals surface area contributed by atoms with Gasteiger partial charge in [-0.1, -0.05) is 18.2 Å². The zero-order valence-corrected chi connectivity index (χ0v) is 15.2. The fourth-order valence-electron chi connectivity index (χ4n) is 3.40. The topological polar surface area (TPSA) is 91.7 Å². The Morgan fingerprint density at radius 2 is 2.00 bits per heavy atom. The molecule has 8 heteroatoms. The largest absolute Gasteiger partial charge is 0.355 e. The molecule has 2 saturated heterocycles. The van der Waals surface area contributed by atoms with Gasteiger partial charge < -0.3 is 19.5 Å². The molecule has 1 amide bonds. The van der Waals surface area contributed by atoms with Crippen molar-refractivity contribution in [3.05, 3.63) is 58.6 Å². The number of benzene rings is 1. The number of hydrogen-bond acceptors (Lipinski definition) is 6. The van der Waals surface area contributed by atoms with E-state index in [0.717, 1.165) is 0 Å². The molecule has 1 aromatic carbocycles. The zero-order valence-electron chi connectivity index (χ0n) is 15.2. The Morgan fingerprint density at radius 1 is 1.22 bits per heavy atom. The molecule has 8 nitrogen and oxygen atoms in total. The molecule has 0 bridgehead atoms. The molecule has 1 aromatic heterocycles. The minimum atomic E-state index is -0.660. The van der Waals surface area contributed by atoms with E-state index >= 15 is 0 Å². The summed E-state index contributed by atoms with van der Waals surface area (Å²) in [7, 11) is 0. The first-order chi connectivity index (χ1) is 12.9. The molecule has 2 aliphatic heterocycles. The first-order valence-electron chi connectivity index (χ1n) is 8.77. The van der Waals surface area contributed by atoms with Crippen molar-refractivity contribution in [2.24, 2.45) is 0 Å². The summed E-state index contributed by atoms with van der Waals surface area (Å²) in [5, 5.41) is 2.63. The third-order valence-corrected chi connectivity index (χ3v) is 4.65. The van der Waals surface area contributed by atoms with Crippen LogP contribution in [-0.2, 0) is 14.2 Å². The highest BCUT2D eigenvalue weighted by atomic mass is 16.8. The maximum Gasteiger partial charge on any atom is 0.351 e. The van der Waals surface area contributed by atoms with Gasteiger partial charge in [-0.3, -0.25) is 9.36 Å². The Balaban J connectivity index is 1.47. The highest BCUT2D eigenvalue weighted by Gasteiger charge is 2.51. The van der Waals surface area contributed by atoms with E-state index in [0.29, 0.717) is 25.2 Å². The minimum Gasteiger partial charge on any atom is -0.355 e. The van der Waals surface area contributed by atoms with E-state index in [-0.39, 0.29) is 11.7 Å². The van der Waals surface area contributed by atoms with E-state index in [4.69, 9.17) is 14.2 Å². The lowest BCUT2D eigenvalue weighted by Crippen LogP contribution is -2.35. The predicted molar refractivity (Wildman–Crippen MR) is 96.3 cm³/mol. The van der Waals surface area contributed by atoms with Gasteiger partial charge in [0, 0.05) is 18.2 Å². The van der Waals surface area contributed by atoms with Crippen LogP contribution in [0.5, 0.6) is 0 Å². The molecule has 27 heavy (non-hydrogen) atoms. The van der Waals surface area contributed by atoms with Crippen LogP contribution in [-0.4, -0.2) is 40.1 Å². The molecule has 2 aromatic rings. The van der Waals surface area contributed by atoms with Gasteiger partial charge in [0.25, 0.3) is 5.91 Å². The quantitative estimate of drug-likeness (QED) is 0.887. The van der Waals surface area contributed by atoms with E-state index in [1.165, 1.54) is 4.57 Å². The van der Waals surface area contributed by atoms with Crippen molar-refractivity contribution in [1.29, 1.82) is 0 Å². The summed E-state index contributed by atoms with van der Waals surface area (Å²) in [6.45, 7) is 4.48. The van der Waals surface area contributed by atoms with Gasteiger partial charge in [0.2, 0.25) is 0 Å². The normalized spacial score (nSPS) is 26.4. The second kappa shape index (κ2) is 6.56. The fourth-order valence-corrected chi connectivity index (χ4v) is 3.40. The molecule has 2 aliphatic rings. The number of aromatic nitrogens is 2. The van der Waals surface area contributed by atoms with Gasteiger partial charge in [0.1, 0.15) is 17.6 Å². The van der Waals surface area contributed by atoms with Gasteiger partial charge in [-0.25, -0.2) is 4.79 Å². The average molecular weight is 371 g/mol. The van der Waals surface area contributed by atoms with Crippen LogP contribution in [0.15, 0.2) is 47.4 Å². The second-order valence-corrected chi connectivity index (χ2v) is 7.27. The maximum atomic E-state index is 12.4. The number of rotatable bonds is 3. The van der Waals surface area contributed by atoms with Gasteiger partial charge in [0.15, 0.2) is 5.79 Å². The summed E-state index contributed by atoms with van der Waals surface area (Å²) >= 11 is 0. The van der Waals surface area contributed by atoms with Crippen LogP contribution in [0.25, 0.3) is 0 Å². The Labute approximate surface area is 156 Å². The van der Waals surface area contributed by atoms with E-state index in [9.17, 15) is 9.59 Å². The summed E-state index contributed by atoms with van der Waals surface area (Å²) in [6.07, 6.45) is 1.58. The summed E-state index contributed by atoms with van der Waals surface area (Å²) in [4.78, 5) is 28.6. The Hall–Kier alpha value is -2.55. The first-order valence-corrected chi connectivity index (χ1v) is 8.77. The highest BCUT2D eigenvalue weighted by molar-refractivity contribution is 6.03. The van der Waals surface area contributed by atoms with Crippen molar-refractivity contribution in [3.8, 4) is 0 Å². The van der Waals surface area contributed by atoms with Crippen molar-refractivity contribution in [2.45, 2.75) is 37.9 Å². The molecule has 2 atom stereocenters. The van der Waals surface area contributed by atoms with Crippen LogP contribution in [0.3, 0.4) is 0 Å². The summed E-state index contributed by atoms with van der Waals surface area (Å²) < 4.78 is 18.8. The number of nitrogens with zero attached hydrogens (tertiary/aromatic N) is 2. The molecule has 4 rings (SSSR count). The third-order valence-electron chi connectivity index (χ3n) is 4.65. The number of nitrogens with one attached hydrogen (secondary N) is 1. The lowest BCUT2D eigenvalue weighted by molar-refractivity contribution is -0.160. The second-order valence-electron chi connectivity index (χ2n) is 7.27. The van der Waals surface area contributed by atoms with Gasteiger partial charge >= 0.3 is 5.69 Å². The van der Waals surface area contributed by atoms with E-state index in [2.05, 4.69) is 10.3 Å². The molecular weight excluding hydrogens is 350 g/mol. The Morgan fingerprint density at radius 3 is 2.67 bits per heavy atom. The van der Waals surface area contributed by atoms with Gasteiger partial charge in [-0.2, -0.15) is 4.98 Å². The third kappa shape index (κ3) is 3.64. The van der Waals surface area contributed by atoms with Crippen molar-refractivity contribution in [2.75, 3.05) is 18.5 Å². The first kappa shape index (κ1) is 17.8. The van der Waals surface area contributed by atoms with E-state index < -0.39 is 23.3 Å². The number of carbonyl (C=O) groups is 1. The summed E-state index contributed by atoms with van der Waals surface area (Å²) in [6, 6.07) is 10.3. The molecule has 0 aliphatic carbocycles. The standard InChI is InChI=1S/C19H21N3O5/c1-18(2)26-12-19(27-18)10-15(25-11-19)22-9-8-14(21-17(22)24)20-16(23)13-6-4-3-5-7-13/h3-9,15H,10-12H2,1-2H3,(H,20,21,23,24)/t15-,19?/m0/s1. The molecule has 3 heterocycles. The van der Waals surface area contributed by atoms with Crippen LogP contribution < -0.4 is 11.0 Å².